The quantitative estimate of drug-likeness (QED) is 0.278. The highest BCUT2D eigenvalue weighted by Gasteiger charge is 2.38. The van der Waals surface area contributed by atoms with E-state index in [1.165, 1.54) is 44.9 Å². The maximum atomic E-state index is 11.5. The van der Waals surface area contributed by atoms with Crippen molar-refractivity contribution in [2.24, 2.45) is 23.7 Å². The molecule has 1 saturated carbocycles. The molecular weight excluding hydrogens is 352 g/mol. The Morgan fingerprint density at radius 2 is 1.25 bits per heavy atom. The summed E-state index contributed by atoms with van der Waals surface area (Å²) < 4.78 is 0. The third-order valence-electron chi connectivity index (χ3n) is 6.94. The Kier molecular flexibility index (Phi) is 13.3. The van der Waals surface area contributed by atoms with Gasteiger partial charge in [0, 0.05) is 12.8 Å². The first-order valence-corrected chi connectivity index (χ1v) is 11.9. The normalized spacial score (nSPS) is 24.9. The zero-order chi connectivity index (χ0) is 20.8. The van der Waals surface area contributed by atoms with Crippen molar-refractivity contribution >= 4 is 11.9 Å². The molecule has 0 aromatic rings. The largest absolute Gasteiger partial charge is 0.481 e. The minimum atomic E-state index is -0.700. The Hall–Kier alpha value is -1.06. The monoisotopic (exact) mass is 396 g/mol. The highest BCUT2D eigenvalue weighted by atomic mass is 16.4. The number of aliphatic carboxylic acids is 2. The molecule has 4 atom stereocenters. The molecule has 1 aliphatic carbocycles. The Morgan fingerprint density at radius 1 is 0.714 bits per heavy atom. The van der Waals surface area contributed by atoms with Gasteiger partial charge >= 0.3 is 11.9 Å². The van der Waals surface area contributed by atoms with E-state index < -0.39 is 11.9 Å². The fourth-order valence-electron chi connectivity index (χ4n) is 5.47. The SMILES string of the molecule is CCCCCCC1CCC(CCCCCCCC(=O)O)C(CC(=O)O)C1CC. The Morgan fingerprint density at radius 3 is 1.79 bits per heavy atom. The highest BCUT2D eigenvalue weighted by Crippen LogP contribution is 2.46. The summed E-state index contributed by atoms with van der Waals surface area (Å²) in [5.41, 5.74) is 0. The highest BCUT2D eigenvalue weighted by molar-refractivity contribution is 5.67. The molecule has 2 N–H and O–H groups in total. The molecule has 0 aliphatic heterocycles. The summed E-state index contributed by atoms with van der Waals surface area (Å²) in [7, 11) is 0. The predicted octanol–water partition coefficient (Wildman–Crippen LogP) is 6.92. The maximum absolute atomic E-state index is 11.5. The van der Waals surface area contributed by atoms with Gasteiger partial charge in [-0.25, -0.2) is 0 Å². The van der Waals surface area contributed by atoms with E-state index in [1.807, 2.05) is 0 Å². The molecule has 0 bridgehead atoms. The number of hydrogen-bond acceptors (Lipinski definition) is 2. The van der Waals surface area contributed by atoms with Crippen molar-refractivity contribution in [2.75, 3.05) is 0 Å². The Labute approximate surface area is 172 Å². The molecular formula is C24H44O4. The van der Waals surface area contributed by atoms with Crippen LogP contribution in [-0.4, -0.2) is 22.2 Å². The van der Waals surface area contributed by atoms with Crippen molar-refractivity contribution in [2.45, 2.75) is 117 Å². The minimum Gasteiger partial charge on any atom is -0.481 e. The number of unbranched alkanes of at least 4 members (excludes halogenated alkanes) is 7. The van der Waals surface area contributed by atoms with Gasteiger partial charge in [-0.2, -0.15) is 0 Å². The van der Waals surface area contributed by atoms with Gasteiger partial charge in [-0.05, 0) is 42.9 Å². The number of carboxylic acid groups (broad SMARTS) is 2. The molecule has 28 heavy (non-hydrogen) atoms. The van der Waals surface area contributed by atoms with Gasteiger partial charge in [-0.3, -0.25) is 9.59 Å². The van der Waals surface area contributed by atoms with Crippen molar-refractivity contribution in [1.29, 1.82) is 0 Å². The average Bonchev–Trinajstić information content (AvgIpc) is 2.65. The third-order valence-corrected chi connectivity index (χ3v) is 6.94. The van der Waals surface area contributed by atoms with Gasteiger partial charge in [0.1, 0.15) is 0 Å². The summed E-state index contributed by atoms with van der Waals surface area (Å²) in [6.07, 6.45) is 17.0. The van der Waals surface area contributed by atoms with Crippen LogP contribution in [0.25, 0.3) is 0 Å². The van der Waals surface area contributed by atoms with Crippen LogP contribution in [0.15, 0.2) is 0 Å². The van der Waals surface area contributed by atoms with E-state index >= 15 is 0 Å². The Balaban J connectivity index is 2.46. The van der Waals surface area contributed by atoms with Gasteiger partial charge in [0.25, 0.3) is 0 Å². The van der Waals surface area contributed by atoms with E-state index in [4.69, 9.17) is 5.11 Å². The summed E-state index contributed by atoms with van der Waals surface area (Å²) in [5, 5.41) is 18.2. The van der Waals surface area contributed by atoms with Crippen LogP contribution in [0.3, 0.4) is 0 Å². The van der Waals surface area contributed by atoms with E-state index in [1.54, 1.807) is 0 Å². The molecule has 0 heterocycles. The summed E-state index contributed by atoms with van der Waals surface area (Å²) in [4.78, 5) is 22.1. The Bertz CT molecular complexity index is 434. The molecule has 0 amide bonds. The fraction of sp³-hybridized carbons (Fsp3) is 0.917. The first kappa shape index (κ1) is 25.0. The van der Waals surface area contributed by atoms with Crippen LogP contribution >= 0.6 is 0 Å². The first-order chi connectivity index (χ1) is 13.5. The lowest BCUT2D eigenvalue weighted by atomic mass is 9.62. The van der Waals surface area contributed by atoms with Crippen molar-refractivity contribution in [3.05, 3.63) is 0 Å². The van der Waals surface area contributed by atoms with E-state index in [-0.39, 0.29) is 6.42 Å². The van der Waals surface area contributed by atoms with Gasteiger partial charge in [0.05, 0.1) is 0 Å². The number of carboxylic acids is 2. The number of rotatable bonds is 16. The van der Waals surface area contributed by atoms with Crippen LogP contribution in [0.1, 0.15) is 117 Å². The maximum Gasteiger partial charge on any atom is 0.303 e. The van der Waals surface area contributed by atoms with Crippen LogP contribution in [0.5, 0.6) is 0 Å². The van der Waals surface area contributed by atoms with Gasteiger partial charge < -0.3 is 10.2 Å². The molecule has 0 aromatic heterocycles. The molecule has 0 saturated heterocycles. The van der Waals surface area contributed by atoms with Gasteiger partial charge in [-0.1, -0.05) is 84.5 Å². The second-order valence-electron chi connectivity index (χ2n) is 8.98. The molecule has 0 spiro atoms. The van der Waals surface area contributed by atoms with Crippen LogP contribution < -0.4 is 0 Å². The zero-order valence-corrected chi connectivity index (χ0v) is 18.3. The lowest BCUT2D eigenvalue weighted by molar-refractivity contribution is -0.140. The molecule has 4 nitrogen and oxygen atoms in total. The van der Waals surface area contributed by atoms with E-state index in [0.717, 1.165) is 50.9 Å². The van der Waals surface area contributed by atoms with Gasteiger partial charge in [-0.15, -0.1) is 0 Å². The van der Waals surface area contributed by atoms with E-state index in [0.29, 0.717) is 24.2 Å². The second-order valence-corrected chi connectivity index (χ2v) is 8.98. The van der Waals surface area contributed by atoms with Crippen molar-refractivity contribution in [3.63, 3.8) is 0 Å². The average molecular weight is 397 g/mol. The van der Waals surface area contributed by atoms with Crippen LogP contribution in [0.2, 0.25) is 0 Å². The molecule has 164 valence electrons. The van der Waals surface area contributed by atoms with Crippen LogP contribution in [-0.2, 0) is 9.59 Å². The van der Waals surface area contributed by atoms with E-state index in [2.05, 4.69) is 13.8 Å². The topological polar surface area (TPSA) is 74.6 Å². The summed E-state index contributed by atoms with van der Waals surface area (Å²) in [6, 6.07) is 0. The third kappa shape index (κ3) is 9.93. The molecule has 4 unspecified atom stereocenters. The van der Waals surface area contributed by atoms with Crippen molar-refractivity contribution in [1.82, 2.24) is 0 Å². The molecule has 1 fully saturated rings. The summed E-state index contributed by atoms with van der Waals surface area (Å²) >= 11 is 0. The molecule has 4 heteroatoms. The number of carbonyl (C=O) groups is 2. The minimum absolute atomic E-state index is 0.279. The second kappa shape index (κ2) is 14.9. The van der Waals surface area contributed by atoms with Crippen molar-refractivity contribution < 1.29 is 19.8 Å². The van der Waals surface area contributed by atoms with Crippen molar-refractivity contribution in [3.8, 4) is 0 Å². The van der Waals surface area contributed by atoms with Crippen LogP contribution in [0, 0.1) is 23.7 Å². The lowest BCUT2D eigenvalue weighted by Crippen LogP contribution is -2.36. The standard InChI is InChI=1S/C24H44O4/c1-3-5-6-10-13-19-16-17-20(22(18-24(27)28)21(19)4-2)14-11-8-7-9-12-15-23(25)26/h19-22H,3-18H2,1-2H3,(H,25,26)(H,27,28). The van der Waals surface area contributed by atoms with Gasteiger partial charge in [0.15, 0.2) is 0 Å². The predicted molar refractivity (Wildman–Crippen MR) is 114 cm³/mol. The molecule has 0 radical (unpaired) electrons. The molecule has 0 aromatic carbocycles. The number of hydrogen-bond donors (Lipinski definition) is 2. The first-order valence-electron chi connectivity index (χ1n) is 11.9. The molecule has 1 aliphatic rings. The van der Waals surface area contributed by atoms with Gasteiger partial charge in [0.2, 0.25) is 0 Å². The smallest absolute Gasteiger partial charge is 0.303 e. The zero-order valence-electron chi connectivity index (χ0n) is 18.3. The summed E-state index contributed by atoms with van der Waals surface area (Å²) in [5.74, 6) is 0.874. The molecule has 1 rings (SSSR count). The van der Waals surface area contributed by atoms with Crippen LogP contribution in [0.4, 0.5) is 0 Å². The fourth-order valence-corrected chi connectivity index (χ4v) is 5.47. The van der Waals surface area contributed by atoms with E-state index in [9.17, 15) is 14.7 Å². The lowest BCUT2D eigenvalue weighted by Gasteiger charge is -2.43. The summed E-state index contributed by atoms with van der Waals surface area (Å²) in [6.45, 7) is 4.50.